The van der Waals surface area contributed by atoms with Crippen LogP contribution in [0.25, 0.3) is 5.57 Å². The van der Waals surface area contributed by atoms with Crippen molar-refractivity contribution in [3.63, 3.8) is 0 Å². The Balaban J connectivity index is 2.96. The maximum atomic E-state index is 11.3. The van der Waals surface area contributed by atoms with Crippen LogP contribution in [0, 0.1) is 0 Å². The number of nitrogens with one attached hydrogen (secondary N) is 1. The molecule has 104 valence electrons. The Kier molecular flexibility index (Phi) is 5.12. The molecule has 4 heteroatoms. The van der Waals surface area contributed by atoms with Crippen molar-refractivity contribution in [3.8, 4) is 0 Å². The maximum absolute atomic E-state index is 11.3. The first-order valence-corrected chi connectivity index (χ1v) is 6.17. The Hall–Kier alpha value is -1.81. The molecule has 0 saturated carbocycles. The Morgan fingerprint density at radius 3 is 2.63 bits per heavy atom. The number of allylic oxidation sites excluding steroid dienone is 1. The first-order valence-electron chi connectivity index (χ1n) is 6.17. The lowest BCUT2D eigenvalue weighted by Gasteiger charge is -2.16. The van der Waals surface area contributed by atoms with Gasteiger partial charge in [-0.3, -0.25) is 5.32 Å². The van der Waals surface area contributed by atoms with Crippen molar-refractivity contribution < 1.29 is 14.6 Å². The van der Waals surface area contributed by atoms with Gasteiger partial charge < -0.3 is 9.84 Å². The zero-order valence-corrected chi connectivity index (χ0v) is 11.9. The van der Waals surface area contributed by atoms with Crippen LogP contribution in [0.2, 0.25) is 0 Å². The summed E-state index contributed by atoms with van der Waals surface area (Å²) in [6.45, 7) is 5.47. The number of benzene rings is 1. The number of carbonyl (C=O) groups is 1. The fraction of sp³-hybridized carbons (Fsp3) is 0.400. The Morgan fingerprint density at radius 1 is 1.42 bits per heavy atom. The number of para-hydroxylation sites is 1. The first kappa shape index (κ1) is 15.2. The Morgan fingerprint density at radius 2 is 2.05 bits per heavy atom. The zero-order chi connectivity index (χ0) is 14.5. The number of ether oxygens (including phenoxy) is 1. The molecule has 1 rings (SSSR count). The van der Waals surface area contributed by atoms with Crippen LogP contribution in [0.15, 0.2) is 30.3 Å². The minimum absolute atomic E-state index is 0.497. The number of amides is 1. The van der Waals surface area contributed by atoms with Gasteiger partial charge in [-0.2, -0.15) is 0 Å². The number of carbonyl (C=O) groups excluding carboxylic acids is 1. The average Bonchev–Trinajstić information content (AvgIpc) is 2.35. The number of hydrogen-bond donors (Lipinski definition) is 2. The van der Waals surface area contributed by atoms with Crippen molar-refractivity contribution in [1.82, 2.24) is 0 Å². The van der Waals surface area contributed by atoms with Gasteiger partial charge in [-0.25, -0.2) is 4.79 Å². The topological polar surface area (TPSA) is 58.6 Å². The minimum Gasteiger partial charge on any atom is -0.453 e. The van der Waals surface area contributed by atoms with E-state index in [1.54, 1.807) is 13.8 Å². The standard InChI is InChI=1S/C15H21NO3/c1-11(9-10-15(2,3)18)12-7-5-6-8-13(12)16-14(17)19-4/h5-9,18H,10H2,1-4H3,(H,16,17)/b11-9+. The molecule has 0 atom stereocenters. The third-order valence-electron chi connectivity index (χ3n) is 2.68. The lowest BCUT2D eigenvalue weighted by molar-refractivity contribution is 0.0840. The highest BCUT2D eigenvalue weighted by Gasteiger charge is 2.12. The summed E-state index contributed by atoms with van der Waals surface area (Å²) in [6.07, 6.45) is 2.01. The first-order chi connectivity index (χ1) is 8.83. The summed E-state index contributed by atoms with van der Waals surface area (Å²) in [5.41, 5.74) is 1.86. The van der Waals surface area contributed by atoms with Crippen LogP contribution in [0.5, 0.6) is 0 Å². The van der Waals surface area contributed by atoms with Crippen LogP contribution in [-0.4, -0.2) is 23.9 Å². The summed E-state index contributed by atoms with van der Waals surface area (Å²) in [6, 6.07) is 7.48. The van der Waals surface area contributed by atoms with Crippen molar-refractivity contribution in [2.75, 3.05) is 12.4 Å². The van der Waals surface area contributed by atoms with Crippen LogP contribution in [0.3, 0.4) is 0 Å². The molecular formula is C15H21NO3. The number of hydrogen-bond acceptors (Lipinski definition) is 3. The predicted molar refractivity (Wildman–Crippen MR) is 77.0 cm³/mol. The minimum atomic E-state index is -0.744. The second-order valence-electron chi connectivity index (χ2n) is 5.07. The average molecular weight is 263 g/mol. The fourth-order valence-electron chi connectivity index (χ4n) is 1.61. The van der Waals surface area contributed by atoms with E-state index in [4.69, 9.17) is 0 Å². The SMILES string of the molecule is COC(=O)Nc1ccccc1/C(C)=C/CC(C)(C)O. The maximum Gasteiger partial charge on any atom is 0.411 e. The summed E-state index contributed by atoms with van der Waals surface area (Å²) < 4.78 is 4.59. The molecule has 0 aliphatic carbocycles. The van der Waals surface area contributed by atoms with Gasteiger partial charge in [0.2, 0.25) is 0 Å². The molecule has 0 aliphatic rings. The summed E-state index contributed by atoms with van der Waals surface area (Å²) in [5, 5.41) is 12.4. The molecule has 0 heterocycles. The smallest absolute Gasteiger partial charge is 0.411 e. The van der Waals surface area contributed by atoms with E-state index >= 15 is 0 Å². The van der Waals surface area contributed by atoms with Crippen LogP contribution < -0.4 is 5.32 Å². The van der Waals surface area contributed by atoms with Crippen molar-refractivity contribution >= 4 is 17.4 Å². The summed E-state index contributed by atoms with van der Waals surface area (Å²) in [7, 11) is 1.33. The third kappa shape index (κ3) is 5.14. The van der Waals surface area contributed by atoms with Crippen molar-refractivity contribution in [2.24, 2.45) is 0 Å². The molecule has 0 unspecified atom stereocenters. The molecule has 2 N–H and O–H groups in total. The highest BCUT2D eigenvalue weighted by Crippen LogP contribution is 2.25. The van der Waals surface area contributed by atoms with Crippen molar-refractivity contribution in [1.29, 1.82) is 0 Å². The second kappa shape index (κ2) is 6.38. The molecule has 0 bridgehead atoms. The Bertz CT molecular complexity index is 473. The van der Waals surface area contributed by atoms with Gasteiger partial charge in [-0.05, 0) is 38.8 Å². The van der Waals surface area contributed by atoms with Crippen LogP contribution in [-0.2, 0) is 4.74 Å². The number of aliphatic hydroxyl groups is 1. The van der Waals surface area contributed by atoms with Crippen LogP contribution in [0.1, 0.15) is 32.8 Å². The highest BCUT2D eigenvalue weighted by molar-refractivity contribution is 5.89. The molecule has 0 saturated heterocycles. The summed E-state index contributed by atoms with van der Waals surface area (Å²) in [4.78, 5) is 11.3. The van der Waals surface area contributed by atoms with E-state index in [-0.39, 0.29) is 0 Å². The van der Waals surface area contributed by atoms with E-state index in [1.807, 2.05) is 37.3 Å². The number of rotatable bonds is 4. The molecule has 1 aromatic carbocycles. The summed E-state index contributed by atoms with van der Waals surface area (Å²) in [5.74, 6) is 0. The van der Waals surface area contributed by atoms with Gasteiger partial charge in [-0.1, -0.05) is 24.3 Å². The lowest BCUT2D eigenvalue weighted by atomic mass is 9.99. The van der Waals surface area contributed by atoms with Gasteiger partial charge in [0.05, 0.1) is 18.4 Å². The van der Waals surface area contributed by atoms with Crippen molar-refractivity contribution in [2.45, 2.75) is 32.8 Å². The second-order valence-corrected chi connectivity index (χ2v) is 5.07. The largest absolute Gasteiger partial charge is 0.453 e. The molecule has 0 aliphatic heterocycles. The normalized spacial score (nSPS) is 12.2. The van der Waals surface area contributed by atoms with Gasteiger partial charge in [0, 0.05) is 5.56 Å². The molecule has 1 aromatic rings. The van der Waals surface area contributed by atoms with E-state index in [1.165, 1.54) is 7.11 Å². The Labute approximate surface area is 114 Å². The molecule has 0 aromatic heterocycles. The van der Waals surface area contributed by atoms with Crippen molar-refractivity contribution in [3.05, 3.63) is 35.9 Å². The molecule has 1 amide bonds. The van der Waals surface area contributed by atoms with Gasteiger partial charge in [-0.15, -0.1) is 0 Å². The quantitative estimate of drug-likeness (QED) is 0.875. The van der Waals surface area contributed by atoms with Crippen LogP contribution in [0.4, 0.5) is 10.5 Å². The fourth-order valence-corrected chi connectivity index (χ4v) is 1.61. The molecule has 0 fully saturated rings. The predicted octanol–water partition coefficient (Wildman–Crippen LogP) is 3.43. The molecule has 0 radical (unpaired) electrons. The van der Waals surface area contributed by atoms with Gasteiger partial charge in [0.25, 0.3) is 0 Å². The zero-order valence-electron chi connectivity index (χ0n) is 11.9. The highest BCUT2D eigenvalue weighted by atomic mass is 16.5. The monoisotopic (exact) mass is 263 g/mol. The molecule has 19 heavy (non-hydrogen) atoms. The molecule has 4 nitrogen and oxygen atoms in total. The van der Waals surface area contributed by atoms with Gasteiger partial charge in [0.1, 0.15) is 0 Å². The van der Waals surface area contributed by atoms with Crippen LogP contribution >= 0.6 is 0 Å². The molecule has 0 spiro atoms. The molecular weight excluding hydrogens is 242 g/mol. The number of methoxy groups -OCH3 is 1. The van der Waals surface area contributed by atoms with E-state index < -0.39 is 11.7 Å². The van der Waals surface area contributed by atoms with E-state index in [0.29, 0.717) is 12.1 Å². The third-order valence-corrected chi connectivity index (χ3v) is 2.68. The van der Waals surface area contributed by atoms with E-state index in [9.17, 15) is 9.90 Å². The summed E-state index contributed by atoms with van der Waals surface area (Å²) >= 11 is 0. The van der Waals surface area contributed by atoms with Gasteiger partial charge >= 0.3 is 6.09 Å². The van der Waals surface area contributed by atoms with E-state index in [0.717, 1.165) is 11.1 Å². The lowest BCUT2D eigenvalue weighted by Crippen LogP contribution is -2.16. The van der Waals surface area contributed by atoms with E-state index in [2.05, 4.69) is 10.1 Å². The van der Waals surface area contributed by atoms with Gasteiger partial charge in [0.15, 0.2) is 0 Å². The number of anilines is 1.